The third kappa shape index (κ3) is 13.0. The molecule has 9 N–H and O–H groups in total. The summed E-state index contributed by atoms with van der Waals surface area (Å²) < 4.78 is 0. The standard InChI is InChI=1S/C49H58N8O7/c50-49(51)53-26-13-22-38(46(62)56-40(31-44(59)60)45(61)52-27-25-37(34-18-9-3-10-19-34)35-20-11-4-12-21-35)55-47(63)42-30-36(28-32-14-5-1-6-15-32)41-24-23-39(48(64)57(41)42)54-43(58)29-33-16-7-2-8-17-33/h1-12,14-21,36-42H,13,22-31H2,(H,52,61)(H,54,58)(H,55,63)(H,56,62)(H,59,60)(H4,50,51,53)/t36-,38+,39?,40+,41+,42+/m1/s1. The molecule has 5 amide bonds. The molecule has 0 aliphatic carbocycles. The van der Waals surface area contributed by atoms with Crippen molar-refractivity contribution < 1.29 is 33.9 Å². The smallest absolute Gasteiger partial charge is 0.305 e. The highest BCUT2D eigenvalue weighted by Gasteiger charge is 2.51. The van der Waals surface area contributed by atoms with Crippen molar-refractivity contribution in [2.75, 3.05) is 13.1 Å². The molecule has 2 aliphatic heterocycles. The molecule has 2 heterocycles. The predicted molar refractivity (Wildman–Crippen MR) is 242 cm³/mol. The number of nitrogens with one attached hydrogen (secondary N) is 4. The van der Waals surface area contributed by atoms with Gasteiger partial charge in [0.1, 0.15) is 24.2 Å². The van der Waals surface area contributed by atoms with Gasteiger partial charge in [0, 0.05) is 25.0 Å². The first-order chi connectivity index (χ1) is 31.0. The number of guanidine groups is 1. The van der Waals surface area contributed by atoms with Crippen LogP contribution < -0.4 is 32.7 Å². The maximum absolute atomic E-state index is 14.5. The van der Waals surface area contributed by atoms with E-state index in [2.05, 4.69) is 26.3 Å². The number of amides is 5. The first-order valence-corrected chi connectivity index (χ1v) is 21.9. The fourth-order valence-corrected chi connectivity index (χ4v) is 8.93. The average molecular weight is 871 g/mol. The van der Waals surface area contributed by atoms with Crippen molar-refractivity contribution in [3.8, 4) is 0 Å². The molecule has 0 aromatic heterocycles. The number of carbonyl (C=O) groups is 6. The lowest BCUT2D eigenvalue weighted by atomic mass is 9.86. The molecule has 15 heteroatoms. The van der Waals surface area contributed by atoms with Gasteiger partial charge in [-0.15, -0.1) is 0 Å². The second-order valence-corrected chi connectivity index (χ2v) is 16.5. The molecule has 15 nitrogen and oxygen atoms in total. The van der Waals surface area contributed by atoms with Crippen LogP contribution in [0, 0.1) is 5.92 Å². The zero-order valence-electron chi connectivity index (χ0n) is 35.8. The maximum atomic E-state index is 14.5. The lowest BCUT2D eigenvalue weighted by Crippen LogP contribution is -2.61. The molecule has 6 atom stereocenters. The van der Waals surface area contributed by atoms with Crippen LogP contribution >= 0.6 is 0 Å². The summed E-state index contributed by atoms with van der Waals surface area (Å²) in [5.74, 6) is -4.36. The summed E-state index contributed by atoms with van der Waals surface area (Å²) in [6, 6.07) is 33.8. The number of rotatable bonds is 21. The molecule has 2 aliphatic rings. The molecule has 2 saturated heterocycles. The summed E-state index contributed by atoms with van der Waals surface area (Å²) in [4.78, 5) is 87.4. The van der Waals surface area contributed by atoms with Crippen LogP contribution in [0.2, 0.25) is 0 Å². The van der Waals surface area contributed by atoms with E-state index in [9.17, 15) is 33.9 Å². The molecule has 0 radical (unpaired) electrons. The van der Waals surface area contributed by atoms with E-state index in [0.717, 1.165) is 22.3 Å². The van der Waals surface area contributed by atoms with Gasteiger partial charge in [0.05, 0.1) is 12.8 Å². The van der Waals surface area contributed by atoms with Crippen molar-refractivity contribution in [3.63, 3.8) is 0 Å². The Morgan fingerprint density at radius 3 is 1.92 bits per heavy atom. The Bertz CT molecular complexity index is 2190. The molecule has 2 fully saturated rings. The van der Waals surface area contributed by atoms with E-state index in [-0.39, 0.29) is 68.0 Å². The molecule has 0 saturated carbocycles. The summed E-state index contributed by atoms with van der Waals surface area (Å²) >= 11 is 0. The normalized spacial score (nSPS) is 18.8. The largest absolute Gasteiger partial charge is 0.481 e. The SMILES string of the molecule is NC(N)=NCCC[C@H](NC(=O)[C@@H]1C[C@@H](Cc2ccccc2)[C@@H]2CCC(NC(=O)Cc3ccccc3)C(=O)N12)C(=O)N[C@@H](CC(=O)O)C(=O)NCCC(c1ccccc1)c1ccccc1. The molecule has 4 aromatic rings. The lowest BCUT2D eigenvalue weighted by molar-refractivity contribution is -0.147. The minimum Gasteiger partial charge on any atom is -0.481 e. The van der Waals surface area contributed by atoms with Crippen LogP contribution in [0.4, 0.5) is 0 Å². The Hall–Kier alpha value is -7.03. The summed E-state index contributed by atoms with van der Waals surface area (Å²) in [5.41, 5.74) is 15.0. The molecule has 64 heavy (non-hydrogen) atoms. The van der Waals surface area contributed by atoms with Crippen molar-refractivity contribution in [2.45, 2.75) is 93.9 Å². The quantitative estimate of drug-likeness (QED) is 0.0369. The number of carboxylic acid groups (broad SMARTS) is 1. The van der Waals surface area contributed by atoms with Crippen LogP contribution in [0.5, 0.6) is 0 Å². The number of hydrogen-bond donors (Lipinski definition) is 7. The number of aliphatic carboxylic acids is 1. The Kier molecular flexibility index (Phi) is 16.6. The first kappa shape index (κ1) is 46.5. The van der Waals surface area contributed by atoms with E-state index in [1.165, 1.54) is 0 Å². The number of benzene rings is 4. The minimum atomic E-state index is -1.47. The van der Waals surface area contributed by atoms with Gasteiger partial charge in [-0.25, -0.2) is 0 Å². The van der Waals surface area contributed by atoms with Gasteiger partial charge in [0.2, 0.25) is 29.5 Å². The molecule has 0 spiro atoms. The Labute approximate surface area is 373 Å². The van der Waals surface area contributed by atoms with E-state index >= 15 is 0 Å². The molecule has 0 bridgehead atoms. The number of nitrogens with two attached hydrogens (primary N) is 2. The zero-order valence-corrected chi connectivity index (χ0v) is 35.8. The van der Waals surface area contributed by atoms with E-state index in [4.69, 9.17) is 11.5 Å². The topological polar surface area (TPSA) is 238 Å². The Morgan fingerprint density at radius 1 is 0.734 bits per heavy atom. The van der Waals surface area contributed by atoms with Crippen LogP contribution in [-0.2, 0) is 41.6 Å². The minimum absolute atomic E-state index is 0.0291. The number of aliphatic imine (C=N–C) groups is 1. The number of piperidine rings is 1. The third-order valence-corrected chi connectivity index (χ3v) is 12.0. The third-order valence-electron chi connectivity index (χ3n) is 12.0. The number of nitrogens with zero attached hydrogens (tertiary/aromatic N) is 2. The highest BCUT2D eigenvalue weighted by Crippen LogP contribution is 2.39. The summed E-state index contributed by atoms with van der Waals surface area (Å²) in [6.45, 7) is 0.313. The summed E-state index contributed by atoms with van der Waals surface area (Å²) in [6.07, 6.45) is 2.02. The second-order valence-electron chi connectivity index (χ2n) is 16.5. The molecular weight excluding hydrogens is 813 g/mol. The summed E-state index contributed by atoms with van der Waals surface area (Å²) in [5, 5.41) is 21.0. The maximum Gasteiger partial charge on any atom is 0.305 e. The average Bonchev–Trinajstić information content (AvgIpc) is 3.66. The fourth-order valence-electron chi connectivity index (χ4n) is 8.93. The van der Waals surface area contributed by atoms with Gasteiger partial charge >= 0.3 is 5.97 Å². The van der Waals surface area contributed by atoms with Crippen molar-refractivity contribution in [1.29, 1.82) is 0 Å². The van der Waals surface area contributed by atoms with Crippen LogP contribution in [0.25, 0.3) is 0 Å². The highest BCUT2D eigenvalue weighted by molar-refractivity contribution is 5.97. The van der Waals surface area contributed by atoms with Gasteiger partial charge in [-0.3, -0.25) is 33.8 Å². The molecule has 1 unspecified atom stereocenters. The predicted octanol–water partition coefficient (Wildman–Crippen LogP) is 3.17. The number of carbonyl (C=O) groups excluding carboxylic acids is 5. The molecular formula is C49H58N8O7. The van der Waals surface area contributed by atoms with E-state index in [1.54, 1.807) is 4.90 Å². The number of hydrogen-bond acceptors (Lipinski definition) is 7. The van der Waals surface area contributed by atoms with Crippen molar-refractivity contribution in [1.82, 2.24) is 26.2 Å². The van der Waals surface area contributed by atoms with Crippen LogP contribution in [0.15, 0.2) is 126 Å². The number of fused-ring (bicyclic) bond motifs is 1. The monoisotopic (exact) mass is 870 g/mol. The fraction of sp³-hybridized carbons (Fsp3) is 0.367. The van der Waals surface area contributed by atoms with E-state index in [0.29, 0.717) is 32.1 Å². The van der Waals surface area contributed by atoms with Gasteiger partial charge < -0.3 is 42.7 Å². The molecule has 6 rings (SSSR count). The van der Waals surface area contributed by atoms with Gasteiger partial charge in [0.15, 0.2) is 5.96 Å². The van der Waals surface area contributed by atoms with Crippen molar-refractivity contribution in [3.05, 3.63) is 144 Å². The van der Waals surface area contributed by atoms with Gasteiger partial charge in [-0.05, 0) is 73.1 Å². The lowest BCUT2D eigenvalue weighted by Gasteiger charge is -2.39. The van der Waals surface area contributed by atoms with Crippen molar-refractivity contribution >= 4 is 41.5 Å². The van der Waals surface area contributed by atoms with Gasteiger partial charge in [-0.1, -0.05) is 121 Å². The second kappa shape index (κ2) is 22.9. The van der Waals surface area contributed by atoms with Crippen LogP contribution in [0.3, 0.4) is 0 Å². The van der Waals surface area contributed by atoms with E-state index in [1.807, 2.05) is 121 Å². The molecule has 4 aromatic carbocycles. The zero-order chi connectivity index (χ0) is 45.4. The summed E-state index contributed by atoms with van der Waals surface area (Å²) in [7, 11) is 0. The first-order valence-electron chi connectivity index (χ1n) is 21.9. The molecule has 336 valence electrons. The van der Waals surface area contributed by atoms with Gasteiger partial charge in [0.25, 0.3) is 0 Å². The Balaban J connectivity index is 1.17. The van der Waals surface area contributed by atoms with Crippen LogP contribution in [-0.4, -0.2) is 94.8 Å². The highest BCUT2D eigenvalue weighted by atomic mass is 16.4. The Morgan fingerprint density at radius 2 is 1.33 bits per heavy atom. The van der Waals surface area contributed by atoms with E-state index < -0.39 is 54.3 Å². The van der Waals surface area contributed by atoms with Gasteiger partial charge in [-0.2, -0.15) is 0 Å². The number of carboxylic acids is 1. The van der Waals surface area contributed by atoms with Crippen molar-refractivity contribution in [2.24, 2.45) is 22.4 Å². The van der Waals surface area contributed by atoms with Crippen LogP contribution in [0.1, 0.15) is 73.1 Å².